The van der Waals surface area contributed by atoms with Crippen molar-refractivity contribution in [3.63, 3.8) is 0 Å². The fraction of sp³-hybridized carbons (Fsp3) is 0.846. The first-order valence-electron chi connectivity index (χ1n) is 6.82. The van der Waals surface area contributed by atoms with E-state index in [0.29, 0.717) is 19.7 Å². The van der Waals surface area contributed by atoms with E-state index in [2.05, 4.69) is 5.32 Å². The molecule has 0 aliphatic carbocycles. The number of hydrogen-bond acceptors (Lipinski definition) is 3. The second-order valence-corrected chi connectivity index (χ2v) is 5.24. The van der Waals surface area contributed by atoms with E-state index in [1.165, 1.54) is 0 Å². The second kappa shape index (κ2) is 7.33. The molecule has 2 amide bonds. The Bertz CT molecular complexity index is 320. The molecule has 2 unspecified atom stereocenters. The lowest BCUT2D eigenvalue weighted by molar-refractivity contribution is -0.137. The van der Waals surface area contributed by atoms with Crippen LogP contribution in [0.15, 0.2) is 0 Å². The summed E-state index contributed by atoms with van der Waals surface area (Å²) in [5.41, 5.74) is 0. The molecule has 1 aliphatic rings. The molecule has 2 atom stereocenters. The topological polar surface area (TPSA) is 78.9 Å². The van der Waals surface area contributed by atoms with E-state index >= 15 is 0 Å². The van der Waals surface area contributed by atoms with Crippen molar-refractivity contribution in [3.8, 4) is 0 Å². The van der Waals surface area contributed by atoms with Crippen LogP contribution in [-0.4, -0.2) is 53.8 Å². The third kappa shape index (κ3) is 5.06. The summed E-state index contributed by atoms with van der Waals surface area (Å²) in [6.07, 6.45) is 0.897. The predicted octanol–water partition coefficient (Wildman–Crippen LogP) is 1.31. The first-order valence-corrected chi connectivity index (χ1v) is 6.82. The predicted molar refractivity (Wildman–Crippen MR) is 71.0 cm³/mol. The summed E-state index contributed by atoms with van der Waals surface area (Å²) >= 11 is 0. The Labute approximate surface area is 114 Å². The van der Waals surface area contributed by atoms with Crippen molar-refractivity contribution in [1.29, 1.82) is 0 Å². The van der Waals surface area contributed by atoms with Crippen LogP contribution in [0.4, 0.5) is 4.79 Å². The molecule has 110 valence electrons. The number of rotatable bonds is 5. The summed E-state index contributed by atoms with van der Waals surface area (Å²) in [7, 11) is 0. The van der Waals surface area contributed by atoms with Gasteiger partial charge in [0, 0.05) is 19.1 Å². The van der Waals surface area contributed by atoms with Crippen LogP contribution in [0.2, 0.25) is 0 Å². The van der Waals surface area contributed by atoms with Crippen molar-refractivity contribution in [3.05, 3.63) is 0 Å². The molecule has 0 spiro atoms. The summed E-state index contributed by atoms with van der Waals surface area (Å²) in [5.74, 6) is -0.810. The number of morpholine rings is 1. The van der Waals surface area contributed by atoms with Crippen molar-refractivity contribution >= 4 is 12.0 Å². The summed E-state index contributed by atoms with van der Waals surface area (Å²) in [4.78, 5) is 24.6. The van der Waals surface area contributed by atoms with Gasteiger partial charge in [-0.05, 0) is 12.3 Å². The average molecular weight is 272 g/mol. The molecule has 1 rings (SSSR count). The second-order valence-electron chi connectivity index (χ2n) is 5.24. The first-order chi connectivity index (χ1) is 8.93. The van der Waals surface area contributed by atoms with Crippen molar-refractivity contribution in [2.45, 2.75) is 45.8 Å². The fourth-order valence-corrected chi connectivity index (χ4v) is 2.04. The van der Waals surface area contributed by atoms with Gasteiger partial charge in [-0.25, -0.2) is 4.79 Å². The minimum Gasteiger partial charge on any atom is -0.481 e. The highest BCUT2D eigenvalue weighted by molar-refractivity contribution is 5.76. The summed E-state index contributed by atoms with van der Waals surface area (Å²) in [5, 5.41) is 11.7. The fourth-order valence-electron chi connectivity index (χ4n) is 2.04. The third-order valence-corrected chi connectivity index (χ3v) is 3.39. The Morgan fingerprint density at radius 3 is 2.68 bits per heavy atom. The van der Waals surface area contributed by atoms with Crippen LogP contribution in [-0.2, 0) is 9.53 Å². The molecule has 1 aliphatic heterocycles. The monoisotopic (exact) mass is 272 g/mol. The number of aliphatic carboxylic acids is 1. The molecule has 19 heavy (non-hydrogen) atoms. The number of amides is 2. The largest absolute Gasteiger partial charge is 0.481 e. The molecule has 1 heterocycles. The van der Waals surface area contributed by atoms with Gasteiger partial charge in [-0.15, -0.1) is 0 Å². The molecule has 0 radical (unpaired) electrons. The van der Waals surface area contributed by atoms with Crippen LogP contribution in [0.1, 0.15) is 33.6 Å². The van der Waals surface area contributed by atoms with E-state index in [1.54, 1.807) is 4.90 Å². The lowest BCUT2D eigenvalue weighted by Gasteiger charge is -2.34. The zero-order chi connectivity index (χ0) is 14.4. The molecule has 2 N–H and O–H groups in total. The van der Waals surface area contributed by atoms with Gasteiger partial charge in [0.25, 0.3) is 0 Å². The summed E-state index contributed by atoms with van der Waals surface area (Å²) in [6, 6.07) is -0.533. The minimum atomic E-state index is -0.896. The van der Waals surface area contributed by atoms with Crippen LogP contribution >= 0.6 is 0 Å². The van der Waals surface area contributed by atoms with Crippen LogP contribution in [0.25, 0.3) is 0 Å². The number of nitrogens with one attached hydrogen (secondary N) is 1. The first kappa shape index (κ1) is 15.8. The highest BCUT2D eigenvalue weighted by Gasteiger charge is 2.26. The van der Waals surface area contributed by atoms with Gasteiger partial charge in [0.2, 0.25) is 0 Å². The van der Waals surface area contributed by atoms with Gasteiger partial charge >= 0.3 is 12.0 Å². The molecule has 0 aromatic carbocycles. The van der Waals surface area contributed by atoms with Gasteiger partial charge < -0.3 is 20.1 Å². The van der Waals surface area contributed by atoms with E-state index in [1.807, 2.05) is 20.8 Å². The number of carbonyl (C=O) groups excluding carboxylic acids is 1. The molecule has 6 heteroatoms. The van der Waals surface area contributed by atoms with Gasteiger partial charge in [0.05, 0.1) is 19.1 Å². The molecule has 0 bridgehead atoms. The average Bonchev–Trinajstić information content (AvgIpc) is 2.37. The van der Waals surface area contributed by atoms with Crippen LogP contribution in [0.5, 0.6) is 0 Å². The molecular weight excluding hydrogens is 248 g/mol. The van der Waals surface area contributed by atoms with Gasteiger partial charge in [-0.3, -0.25) is 4.79 Å². The van der Waals surface area contributed by atoms with E-state index in [-0.39, 0.29) is 30.5 Å². The van der Waals surface area contributed by atoms with Gasteiger partial charge in [0.15, 0.2) is 0 Å². The molecule has 6 nitrogen and oxygen atoms in total. The number of carboxylic acids is 1. The minimum absolute atomic E-state index is 0.0506. The normalized spacial score (nSPS) is 21.3. The molecule has 1 fully saturated rings. The van der Waals surface area contributed by atoms with Crippen LogP contribution < -0.4 is 5.32 Å². The van der Waals surface area contributed by atoms with E-state index in [4.69, 9.17) is 9.84 Å². The summed E-state index contributed by atoms with van der Waals surface area (Å²) in [6.45, 7) is 7.50. The molecule has 1 saturated heterocycles. The lowest BCUT2D eigenvalue weighted by atomic mass is 10.0. The molecule has 0 aromatic heterocycles. The Balaban J connectivity index is 2.53. The van der Waals surface area contributed by atoms with Crippen molar-refractivity contribution in [2.75, 3.05) is 19.7 Å². The maximum Gasteiger partial charge on any atom is 0.317 e. The van der Waals surface area contributed by atoms with Crippen LogP contribution in [0, 0.1) is 5.92 Å². The van der Waals surface area contributed by atoms with E-state index in [9.17, 15) is 9.59 Å². The summed E-state index contributed by atoms with van der Waals surface area (Å²) < 4.78 is 5.51. The van der Waals surface area contributed by atoms with Crippen molar-refractivity contribution < 1.29 is 19.4 Å². The van der Waals surface area contributed by atoms with E-state index < -0.39 is 5.97 Å². The Hall–Kier alpha value is -1.30. The van der Waals surface area contributed by atoms with Crippen molar-refractivity contribution in [2.24, 2.45) is 5.92 Å². The molecule has 0 saturated carbocycles. The number of carbonyl (C=O) groups is 2. The van der Waals surface area contributed by atoms with Gasteiger partial charge in [-0.1, -0.05) is 20.8 Å². The highest BCUT2D eigenvalue weighted by atomic mass is 16.5. The smallest absolute Gasteiger partial charge is 0.317 e. The van der Waals surface area contributed by atoms with Crippen LogP contribution in [0.3, 0.4) is 0 Å². The Morgan fingerprint density at radius 1 is 1.47 bits per heavy atom. The van der Waals surface area contributed by atoms with Gasteiger partial charge in [0.1, 0.15) is 0 Å². The Morgan fingerprint density at radius 2 is 2.16 bits per heavy atom. The zero-order valence-corrected chi connectivity index (χ0v) is 11.9. The maximum absolute atomic E-state index is 12.1. The SMILES string of the molecule is CCC1CN(C(=O)NC(CC(=O)O)C(C)C)CCO1. The lowest BCUT2D eigenvalue weighted by Crippen LogP contribution is -2.53. The Kier molecular flexibility index (Phi) is 6.08. The number of hydrogen-bond donors (Lipinski definition) is 2. The maximum atomic E-state index is 12.1. The quantitative estimate of drug-likeness (QED) is 0.791. The highest BCUT2D eigenvalue weighted by Crippen LogP contribution is 2.11. The number of nitrogens with zero attached hydrogens (tertiary/aromatic N) is 1. The number of urea groups is 1. The van der Waals surface area contributed by atoms with Crippen molar-refractivity contribution in [1.82, 2.24) is 10.2 Å². The zero-order valence-electron chi connectivity index (χ0n) is 11.9. The molecular formula is C13H24N2O4. The third-order valence-electron chi connectivity index (χ3n) is 3.39. The van der Waals surface area contributed by atoms with E-state index in [0.717, 1.165) is 6.42 Å². The molecule has 0 aromatic rings. The standard InChI is InChI=1S/C13H24N2O4/c1-4-10-8-15(5-6-19-10)13(18)14-11(9(2)3)7-12(16)17/h9-11H,4-8H2,1-3H3,(H,14,18)(H,16,17). The van der Waals surface area contributed by atoms with Gasteiger partial charge in [-0.2, -0.15) is 0 Å². The number of carboxylic acid groups (broad SMARTS) is 1. The number of ether oxygens (including phenoxy) is 1.